The molecule has 1 aliphatic rings. The van der Waals surface area contributed by atoms with Gasteiger partial charge in [-0.3, -0.25) is 13.8 Å². The molecule has 7 nitrogen and oxygen atoms in total. The summed E-state index contributed by atoms with van der Waals surface area (Å²) in [6.45, 7) is 2.77. The number of halogens is 1. The minimum absolute atomic E-state index is 0.0546. The molecule has 2 atom stereocenters. The van der Waals surface area contributed by atoms with E-state index in [1.165, 1.54) is 5.56 Å². The van der Waals surface area contributed by atoms with E-state index in [-0.39, 0.29) is 18.1 Å². The largest absolute Gasteiger partial charge is 0.491 e. The Morgan fingerprint density at radius 2 is 2.03 bits per heavy atom. The summed E-state index contributed by atoms with van der Waals surface area (Å²) in [6.07, 6.45) is 2.66. The summed E-state index contributed by atoms with van der Waals surface area (Å²) in [5.74, 6) is -1.20. The normalized spacial score (nSPS) is 15.8. The standard InChI is InChI=1S/C23H27ClN2O5S/c1-15(10-22(27)28)14-32(30)26-23(29)17-6-8-21-20(12-17)25-13-18-5-7-19(24)11-16(18)4-2-3-9-31-21/h5-8,11-12,15,25,32H,2-4,9-10,13-14H2,1H3,(H,27,28)/t15-/m0/s1. The fourth-order valence-corrected chi connectivity index (χ4v) is 4.80. The van der Waals surface area contributed by atoms with Gasteiger partial charge < -0.3 is 15.2 Å². The number of fused-ring (bicyclic) bond motifs is 2. The predicted octanol–water partition coefficient (Wildman–Crippen LogP) is 4.58. The average molecular weight is 479 g/mol. The molecule has 172 valence electrons. The van der Waals surface area contributed by atoms with Gasteiger partial charge in [-0.05, 0) is 66.6 Å². The van der Waals surface area contributed by atoms with Crippen molar-refractivity contribution in [1.29, 1.82) is 0 Å². The summed E-state index contributed by atoms with van der Waals surface area (Å²) in [5.41, 5.74) is 3.26. The molecule has 0 aromatic heterocycles. The van der Waals surface area contributed by atoms with Crippen LogP contribution in [0, 0.1) is 5.92 Å². The molecule has 1 heterocycles. The minimum Gasteiger partial charge on any atom is -0.491 e. The number of aliphatic carboxylic acids is 1. The second-order valence-electron chi connectivity index (χ2n) is 7.93. The molecular weight excluding hydrogens is 452 g/mol. The number of amides is 1. The lowest BCUT2D eigenvalue weighted by atomic mass is 10.0. The fourth-order valence-electron chi connectivity index (χ4n) is 3.55. The van der Waals surface area contributed by atoms with Crippen molar-refractivity contribution >= 4 is 39.8 Å². The summed E-state index contributed by atoms with van der Waals surface area (Å²) in [6, 6.07) is 10.8. The molecule has 1 amide bonds. The van der Waals surface area contributed by atoms with E-state index >= 15 is 0 Å². The molecule has 0 aliphatic carbocycles. The van der Waals surface area contributed by atoms with Crippen molar-refractivity contribution in [3.63, 3.8) is 0 Å². The third kappa shape index (κ3) is 6.97. The topological polar surface area (TPSA) is 105 Å². The van der Waals surface area contributed by atoms with Gasteiger partial charge in [0.05, 0.1) is 12.3 Å². The quantitative estimate of drug-likeness (QED) is 0.543. The van der Waals surface area contributed by atoms with Gasteiger partial charge >= 0.3 is 5.97 Å². The van der Waals surface area contributed by atoms with Crippen LogP contribution in [0.15, 0.2) is 40.8 Å². The van der Waals surface area contributed by atoms with Crippen molar-refractivity contribution in [2.24, 2.45) is 10.3 Å². The van der Waals surface area contributed by atoms with Gasteiger partial charge in [0, 0.05) is 39.9 Å². The number of aryl methyl sites for hydroxylation is 1. The molecule has 0 radical (unpaired) electrons. The lowest BCUT2D eigenvalue weighted by Gasteiger charge is -2.14. The van der Waals surface area contributed by atoms with Gasteiger partial charge in [0.15, 0.2) is 0 Å². The smallest absolute Gasteiger partial charge is 0.303 e. The van der Waals surface area contributed by atoms with E-state index in [9.17, 15) is 13.8 Å². The Morgan fingerprint density at radius 1 is 1.22 bits per heavy atom. The second-order valence-corrected chi connectivity index (χ2v) is 9.63. The molecule has 1 unspecified atom stereocenters. The van der Waals surface area contributed by atoms with Crippen LogP contribution in [0.5, 0.6) is 5.75 Å². The van der Waals surface area contributed by atoms with Crippen molar-refractivity contribution in [2.45, 2.75) is 39.2 Å². The van der Waals surface area contributed by atoms with Crippen molar-refractivity contribution in [1.82, 2.24) is 0 Å². The maximum Gasteiger partial charge on any atom is 0.303 e. The molecule has 0 fully saturated rings. The molecule has 9 heteroatoms. The van der Waals surface area contributed by atoms with Crippen LogP contribution in [0.4, 0.5) is 5.69 Å². The van der Waals surface area contributed by atoms with Crippen molar-refractivity contribution in [3.05, 3.63) is 58.1 Å². The second kappa shape index (κ2) is 11.3. The van der Waals surface area contributed by atoms with Gasteiger partial charge in [-0.25, -0.2) is 0 Å². The molecule has 32 heavy (non-hydrogen) atoms. The van der Waals surface area contributed by atoms with Crippen LogP contribution in [0.2, 0.25) is 5.02 Å². The Morgan fingerprint density at radius 3 is 2.81 bits per heavy atom. The SMILES string of the molecule is C[C@@H](CC(=O)O)C/[SH](=O)=N/C(=O)c1ccc2c(c1)NCc1ccc(Cl)cc1CCCCO2. The molecule has 1 aliphatic heterocycles. The number of hydrogen-bond donors (Lipinski definition) is 3. The fraction of sp³-hybridized carbons (Fsp3) is 0.391. The number of ether oxygens (including phenoxy) is 1. The van der Waals surface area contributed by atoms with Gasteiger partial charge in [-0.15, -0.1) is 0 Å². The Kier molecular flexibility index (Phi) is 8.53. The first-order chi connectivity index (χ1) is 15.3. The number of benzene rings is 2. The number of carbonyl (C=O) groups excluding carboxylic acids is 1. The van der Waals surface area contributed by atoms with Crippen molar-refractivity contribution in [2.75, 3.05) is 17.7 Å². The highest BCUT2D eigenvalue weighted by molar-refractivity contribution is 7.75. The summed E-state index contributed by atoms with van der Waals surface area (Å²) in [4.78, 5) is 23.3. The van der Waals surface area contributed by atoms with E-state index in [4.69, 9.17) is 21.4 Å². The number of carboxylic acid groups (broad SMARTS) is 1. The lowest BCUT2D eigenvalue weighted by molar-refractivity contribution is -0.137. The highest BCUT2D eigenvalue weighted by Crippen LogP contribution is 2.29. The number of anilines is 1. The van der Waals surface area contributed by atoms with Crippen molar-refractivity contribution < 1.29 is 23.6 Å². The lowest BCUT2D eigenvalue weighted by Crippen LogP contribution is -2.10. The van der Waals surface area contributed by atoms with Crippen LogP contribution in [0.1, 0.15) is 47.7 Å². The van der Waals surface area contributed by atoms with Gasteiger partial charge in [0.25, 0.3) is 5.91 Å². The Balaban J connectivity index is 1.80. The van der Waals surface area contributed by atoms with Crippen LogP contribution in [0.3, 0.4) is 0 Å². The number of rotatable bonds is 5. The van der Waals surface area contributed by atoms with E-state index < -0.39 is 22.5 Å². The van der Waals surface area contributed by atoms with Gasteiger partial charge in [-0.1, -0.05) is 24.6 Å². The van der Waals surface area contributed by atoms with E-state index in [0.29, 0.717) is 35.2 Å². The average Bonchev–Trinajstić information content (AvgIpc) is 2.75. The maximum absolute atomic E-state index is 12.6. The van der Waals surface area contributed by atoms with E-state index in [1.54, 1.807) is 25.1 Å². The zero-order valence-electron chi connectivity index (χ0n) is 17.8. The van der Waals surface area contributed by atoms with Crippen molar-refractivity contribution in [3.8, 4) is 5.75 Å². The molecule has 0 bridgehead atoms. The first-order valence-corrected chi connectivity index (χ1v) is 12.3. The summed E-state index contributed by atoms with van der Waals surface area (Å²) in [7, 11) is -2.19. The Hall–Kier alpha value is -2.58. The van der Waals surface area contributed by atoms with Crippen LogP contribution in [-0.2, 0) is 28.4 Å². The molecule has 0 spiro atoms. The third-order valence-corrected chi connectivity index (χ3v) is 6.73. The highest BCUT2D eigenvalue weighted by atomic mass is 35.5. The molecule has 2 aromatic carbocycles. The van der Waals surface area contributed by atoms with Crippen LogP contribution in [-0.4, -0.2) is 33.6 Å². The highest BCUT2D eigenvalue weighted by Gasteiger charge is 2.14. The van der Waals surface area contributed by atoms with Gasteiger partial charge in [-0.2, -0.15) is 4.36 Å². The number of carbonyl (C=O) groups is 2. The Bertz CT molecular complexity index is 1080. The number of nitrogens with one attached hydrogen (secondary N) is 1. The van der Waals surface area contributed by atoms with Crippen LogP contribution in [0.25, 0.3) is 0 Å². The number of nitrogens with zero attached hydrogens (tertiary/aromatic N) is 1. The van der Waals surface area contributed by atoms with E-state index in [1.807, 2.05) is 18.2 Å². The van der Waals surface area contributed by atoms with Crippen LogP contribution >= 0.6 is 11.6 Å². The number of hydrogen-bond acceptors (Lipinski definition) is 5. The van der Waals surface area contributed by atoms with E-state index in [0.717, 1.165) is 24.8 Å². The summed E-state index contributed by atoms with van der Waals surface area (Å²) in [5, 5.41) is 12.9. The van der Waals surface area contributed by atoms with Gasteiger partial charge in [0.1, 0.15) is 5.75 Å². The Labute approximate surface area is 194 Å². The minimum atomic E-state index is -2.19. The predicted molar refractivity (Wildman–Crippen MR) is 126 cm³/mol. The van der Waals surface area contributed by atoms with Crippen LogP contribution < -0.4 is 10.1 Å². The maximum atomic E-state index is 12.6. The van der Waals surface area contributed by atoms with Gasteiger partial charge in [0.2, 0.25) is 0 Å². The zero-order valence-corrected chi connectivity index (χ0v) is 19.5. The number of carboxylic acids is 1. The summed E-state index contributed by atoms with van der Waals surface area (Å²) >= 11 is 6.16. The molecule has 0 saturated heterocycles. The molecular formula is C23H27ClN2O5S. The third-order valence-electron chi connectivity index (χ3n) is 5.16. The molecule has 3 rings (SSSR count). The summed E-state index contributed by atoms with van der Waals surface area (Å²) < 4.78 is 21.9. The first kappa shape index (κ1) is 24.1. The molecule has 0 saturated carbocycles. The molecule has 2 aromatic rings. The first-order valence-electron chi connectivity index (χ1n) is 10.5. The van der Waals surface area contributed by atoms with E-state index in [2.05, 4.69) is 9.68 Å². The molecule has 2 N–H and O–H groups in total. The monoisotopic (exact) mass is 478 g/mol. The zero-order chi connectivity index (χ0) is 23.1. The number of thiol groups is 1.